The van der Waals surface area contributed by atoms with Crippen LogP contribution in [0.25, 0.3) is 10.9 Å². The molecule has 0 radical (unpaired) electrons. The van der Waals surface area contributed by atoms with Crippen molar-refractivity contribution in [2.75, 3.05) is 11.9 Å². The van der Waals surface area contributed by atoms with E-state index in [1.165, 1.54) is 18.2 Å². The van der Waals surface area contributed by atoms with Gasteiger partial charge in [0, 0.05) is 11.8 Å². The van der Waals surface area contributed by atoms with E-state index < -0.39 is 31.0 Å². The Morgan fingerprint density at radius 2 is 1.91 bits per heavy atom. The fourth-order valence-electron chi connectivity index (χ4n) is 2.12. The predicted molar refractivity (Wildman–Crippen MR) is 83.1 cm³/mol. The summed E-state index contributed by atoms with van der Waals surface area (Å²) in [6.07, 6.45) is -5.00. The van der Waals surface area contributed by atoms with Gasteiger partial charge in [-0.2, -0.15) is 0 Å². The largest absolute Gasteiger partial charge is 0.394 e. The van der Waals surface area contributed by atoms with Crippen LogP contribution in [0.15, 0.2) is 35.1 Å². The van der Waals surface area contributed by atoms with Crippen LogP contribution < -0.4 is 10.9 Å². The third-order valence-corrected chi connectivity index (χ3v) is 3.43. The first-order valence-electron chi connectivity index (χ1n) is 7.35. The van der Waals surface area contributed by atoms with E-state index in [-0.39, 0.29) is 17.5 Å². The Hall–Kier alpha value is -2.26. The van der Waals surface area contributed by atoms with Crippen LogP contribution in [0.2, 0.25) is 1.41 Å². The van der Waals surface area contributed by atoms with E-state index in [1.807, 2.05) is 0 Å². The zero-order valence-corrected chi connectivity index (χ0v) is 12.0. The standard InChI is InChI=1S/C15H18N2O6/c18-6-11(14(22)15(23)12(20)7-19)16-9-3-1-8-2-4-13(21)17-10(8)5-9/h1-6,11-12,14-16,19-20,22-23H,7H2,(H,17,21)/t11-,12+,14+,15+/m0/s1/i/hD. The number of H-pyrrole nitrogens is 1. The fraction of sp³-hybridized carbons (Fsp3) is 0.333. The Kier molecular flexibility index (Phi) is 4.99. The Bertz CT molecular complexity index is 767. The maximum Gasteiger partial charge on any atom is 0.248 e. The summed E-state index contributed by atoms with van der Waals surface area (Å²) in [5.41, 5.74) is 0.295. The van der Waals surface area contributed by atoms with Gasteiger partial charge in [0.2, 0.25) is 5.56 Å². The Labute approximate surface area is 132 Å². The number of aldehydes is 1. The van der Waals surface area contributed by atoms with E-state index >= 15 is 0 Å². The number of hydrogen-bond acceptors (Lipinski definition) is 7. The molecule has 0 spiro atoms. The third kappa shape index (κ3) is 3.93. The summed E-state index contributed by atoms with van der Waals surface area (Å²) in [5, 5.41) is 39.3. The van der Waals surface area contributed by atoms with Crippen molar-refractivity contribution in [1.29, 1.82) is 0 Å². The van der Waals surface area contributed by atoms with Gasteiger partial charge in [-0.05, 0) is 23.6 Å². The van der Waals surface area contributed by atoms with E-state index in [1.54, 1.807) is 12.1 Å². The molecule has 8 heteroatoms. The van der Waals surface area contributed by atoms with Gasteiger partial charge in [0.05, 0.1) is 12.1 Å². The summed E-state index contributed by atoms with van der Waals surface area (Å²) in [7, 11) is 0. The van der Waals surface area contributed by atoms with E-state index in [2.05, 4.69) is 4.98 Å². The number of rotatable bonds is 7. The van der Waals surface area contributed by atoms with Crippen LogP contribution >= 0.6 is 0 Å². The molecule has 0 bridgehead atoms. The van der Waals surface area contributed by atoms with Crippen molar-refractivity contribution in [2.45, 2.75) is 24.4 Å². The summed E-state index contributed by atoms with van der Waals surface area (Å²) in [6, 6.07) is 6.03. The fourth-order valence-corrected chi connectivity index (χ4v) is 2.12. The summed E-state index contributed by atoms with van der Waals surface area (Å²) in [4.78, 5) is 25.2. The van der Waals surface area contributed by atoms with Gasteiger partial charge in [0.25, 0.3) is 0 Å². The Morgan fingerprint density at radius 3 is 2.57 bits per heavy atom. The van der Waals surface area contributed by atoms with Crippen LogP contribution in [-0.2, 0) is 4.79 Å². The zero-order valence-electron chi connectivity index (χ0n) is 13.0. The van der Waals surface area contributed by atoms with Gasteiger partial charge in [-0.25, -0.2) is 0 Å². The van der Waals surface area contributed by atoms with Crippen LogP contribution in [-0.4, -0.2) is 62.7 Å². The number of fused-ring (bicyclic) bond motifs is 1. The van der Waals surface area contributed by atoms with Crippen LogP contribution in [0.5, 0.6) is 0 Å². The lowest BCUT2D eigenvalue weighted by molar-refractivity contribution is -0.117. The number of carbonyl (C=O) groups is 1. The van der Waals surface area contributed by atoms with Crippen LogP contribution in [0.4, 0.5) is 5.69 Å². The molecule has 2 aromatic rings. The predicted octanol–water partition coefficient (Wildman–Crippen LogP) is -1.42. The smallest absolute Gasteiger partial charge is 0.248 e. The molecule has 4 atom stereocenters. The van der Waals surface area contributed by atoms with Crippen LogP contribution in [0.1, 0.15) is 0 Å². The van der Waals surface area contributed by atoms with E-state index in [9.17, 15) is 24.9 Å². The van der Waals surface area contributed by atoms with Gasteiger partial charge < -0.3 is 35.5 Å². The molecule has 8 nitrogen and oxygen atoms in total. The summed E-state index contributed by atoms with van der Waals surface area (Å²) in [5.74, 6) is 0. The number of aromatic nitrogens is 1. The molecule has 0 aliphatic rings. The van der Waals surface area contributed by atoms with Crippen LogP contribution in [0.3, 0.4) is 0 Å². The molecule has 1 aromatic heterocycles. The first-order chi connectivity index (χ1) is 11.4. The average molecular weight is 323 g/mol. The van der Waals surface area contributed by atoms with Crippen molar-refractivity contribution in [1.82, 2.24) is 4.98 Å². The number of aliphatic hydroxyl groups excluding tert-OH is 4. The van der Waals surface area contributed by atoms with Gasteiger partial charge in [0.15, 0.2) is 1.41 Å². The second-order valence-electron chi connectivity index (χ2n) is 5.08. The first-order valence-corrected chi connectivity index (χ1v) is 6.90. The molecule has 0 aliphatic heterocycles. The monoisotopic (exact) mass is 323 g/mol. The molecule has 1 aromatic carbocycles. The molecular weight excluding hydrogens is 304 g/mol. The molecule has 0 amide bonds. The maximum atomic E-state index is 11.4. The highest BCUT2D eigenvalue weighted by atomic mass is 16.4. The van der Waals surface area contributed by atoms with E-state index in [0.29, 0.717) is 16.2 Å². The number of aliphatic hydroxyl groups is 4. The van der Waals surface area contributed by atoms with Gasteiger partial charge in [-0.1, -0.05) is 6.07 Å². The highest BCUT2D eigenvalue weighted by molar-refractivity contribution is 5.82. The molecule has 0 unspecified atom stereocenters. The normalized spacial score (nSPS) is 17.1. The van der Waals surface area contributed by atoms with Gasteiger partial charge in [-0.3, -0.25) is 4.79 Å². The number of hydrogen-bond donors (Lipinski definition) is 6. The quantitative estimate of drug-likeness (QED) is 0.343. The molecule has 0 fully saturated rings. The lowest BCUT2D eigenvalue weighted by atomic mass is 10.0. The molecule has 124 valence electrons. The summed E-state index contributed by atoms with van der Waals surface area (Å²) >= 11 is 0. The molecule has 2 rings (SSSR count). The van der Waals surface area contributed by atoms with Crippen molar-refractivity contribution in [3.8, 4) is 0 Å². The minimum absolute atomic E-state index is 0.186. The minimum atomic E-state index is -1.81. The van der Waals surface area contributed by atoms with E-state index in [0.717, 1.165) is 0 Å². The number of pyridine rings is 1. The van der Waals surface area contributed by atoms with Crippen molar-refractivity contribution in [2.24, 2.45) is 0 Å². The third-order valence-electron chi connectivity index (χ3n) is 3.43. The summed E-state index contributed by atoms with van der Waals surface area (Å²) < 4.78 is 8.02. The highest BCUT2D eigenvalue weighted by Crippen LogP contribution is 2.18. The lowest BCUT2D eigenvalue weighted by Gasteiger charge is -2.26. The van der Waals surface area contributed by atoms with Crippen molar-refractivity contribution in [3.05, 3.63) is 40.7 Å². The van der Waals surface area contributed by atoms with Crippen LogP contribution in [0, 0.1) is 0 Å². The molecule has 6 N–H and O–H groups in total. The van der Waals surface area contributed by atoms with Gasteiger partial charge in [-0.15, -0.1) is 0 Å². The second kappa shape index (κ2) is 7.34. The lowest BCUT2D eigenvalue weighted by Crippen LogP contribution is -2.49. The molecule has 0 saturated carbocycles. The van der Waals surface area contributed by atoms with Gasteiger partial charge in [0.1, 0.15) is 30.6 Å². The Morgan fingerprint density at radius 1 is 1.22 bits per heavy atom. The van der Waals surface area contributed by atoms with E-state index in [4.69, 9.17) is 6.52 Å². The number of aromatic amines is 1. The summed E-state index contributed by atoms with van der Waals surface area (Å²) in [6.45, 7) is -0.807. The minimum Gasteiger partial charge on any atom is -0.394 e. The molecule has 23 heavy (non-hydrogen) atoms. The Balaban J connectivity index is 2.32. The molecule has 1 heterocycles. The van der Waals surface area contributed by atoms with Crippen molar-refractivity contribution < 1.29 is 26.6 Å². The topological polar surface area (TPSA) is 143 Å². The van der Waals surface area contributed by atoms with Crippen molar-refractivity contribution >= 4 is 22.9 Å². The van der Waals surface area contributed by atoms with Crippen molar-refractivity contribution in [3.63, 3.8) is 0 Å². The first kappa shape index (κ1) is 15.6. The number of carbonyl (C=O) groups excluding carboxylic acids is 1. The van der Waals surface area contributed by atoms with Gasteiger partial charge >= 0.3 is 0 Å². The molecule has 0 saturated heterocycles. The number of anilines is 1. The molecule has 0 aliphatic carbocycles. The average Bonchev–Trinajstić information content (AvgIpc) is 2.59. The SMILES string of the molecule is [2H]N(c1ccc2ccc(=O)[nH]c2c1)[C@@H](C=O)[C@@H](O)[C@H](O)[C@H](O)CO. The zero-order chi connectivity index (χ0) is 17.9. The highest BCUT2D eigenvalue weighted by Gasteiger charge is 2.31. The maximum absolute atomic E-state index is 11.4. The number of nitrogens with one attached hydrogen (secondary N) is 2. The molecular formula is C15H18N2O6. The second-order valence-corrected chi connectivity index (χ2v) is 5.08. The number of benzene rings is 1.